The van der Waals surface area contributed by atoms with E-state index in [2.05, 4.69) is 27.9 Å². The van der Waals surface area contributed by atoms with Gasteiger partial charge in [0.15, 0.2) is 0 Å². The van der Waals surface area contributed by atoms with E-state index in [1.807, 2.05) is 18.3 Å². The van der Waals surface area contributed by atoms with Crippen molar-refractivity contribution in [2.24, 2.45) is 0 Å². The fraction of sp³-hybridized carbons (Fsp3) is 0.450. The number of pyridine rings is 1. The van der Waals surface area contributed by atoms with Crippen molar-refractivity contribution in [1.29, 1.82) is 0 Å². The molecule has 3 heterocycles. The Morgan fingerprint density at radius 2 is 2.12 bits per heavy atom. The van der Waals surface area contributed by atoms with Crippen LogP contribution in [0, 0.1) is 0 Å². The standard InChI is InChI=1S/C20H24N4OS/c1-2-15-17(18(24-20(25)23-15)14-9-6-10-21-11-14)19-22-16(12-26-19)13-7-4-3-5-8-13/h6,9-13,18H,2-5,7-8H2,1H3,(H2,23,24,25). The number of nitrogens with one attached hydrogen (secondary N) is 2. The van der Waals surface area contributed by atoms with E-state index < -0.39 is 0 Å². The molecule has 26 heavy (non-hydrogen) atoms. The highest BCUT2D eigenvalue weighted by Gasteiger charge is 2.31. The molecule has 0 radical (unpaired) electrons. The van der Waals surface area contributed by atoms with Gasteiger partial charge in [-0.3, -0.25) is 4.98 Å². The molecular formula is C20H24N4OS. The molecular weight excluding hydrogens is 344 g/mol. The molecule has 0 spiro atoms. The summed E-state index contributed by atoms with van der Waals surface area (Å²) in [7, 11) is 0. The summed E-state index contributed by atoms with van der Waals surface area (Å²) >= 11 is 1.69. The molecule has 0 aromatic carbocycles. The molecule has 1 unspecified atom stereocenters. The van der Waals surface area contributed by atoms with Crippen LogP contribution in [-0.2, 0) is 0 Å². The van der Waals surface area contributed by atoms with Crippen LogP contribution in [-0.4, -0.2) is 16.0 Å². The molecule has 4 rings (SSSR count). The first-order valence-corrected chi connectivity index (χ1v) is 10.3. The van der Waals surface area contributed by atoms with Crippen LogP contribution < -0.4 is 10.6 Å². The molecule has 1 fully saturated rings. The van der Waals surface area contributed by atoms with E-state index in [1.54, 1.807) is 17.5 Å². The zero-order valence-corrected chi connectivity index (χ0v) is 15.8. The van der Waals surface area contributed by atoms with Gasteiger partial charge in [0.25, 0.3) is 0 Å². The fourth-order valence-corrected chi connectivity index (χ4v) is 4.95. The molecule has 5 nitrogen and oxygen atoms in total. The number of urea groups is 1. The Kier molecular flexibility index (Phi) is 5.02. The number of carbonyl (C=O) groups is 1. The highest BCUT2D eigenvalue weighted by Crippen LogP contribution is 2.39. The van der Waals surface area contributed by atoms with Gasteiger partial charge in [0.2, 0.25) is 0 Å². The van der Waals surface area contributed by atoms with Gasteiger partial charge in [-0.05, 0) is 30.9 Å². The minimum atomic E-state index is -0.210. The van der Waals surface area contributed by atoms with E-state index in [-0.39, 0.29) is 12.1 Å². The van der Waals surface area contributed by atoms with Crippen LogP contribution in [0.5, 0.6) is 0 Å². The van der Waals surface area contributed by atoms with E-state index in [9.17, 15) is 4.79 Å². The molecule has 2 amide bonds. The number of aromatic nitrogens is 2. The van der Waals surface area contributed by atoms with Crippen molar-refractivity contribution in [3.63, 3.8) is 0 Å². The predicted molar refractivity (Wildman–Crippen MR) is 104 cm³/mol. The van der Waals surface area contributed by atoms with E-state index in [4.69, 9.17) is 4.98 Å². The number of thiazole rings is 1. The molecule has 2 N–H and O–H groups in total. The normalized spacial score (nSPS) is 21.4. The number of allylic oxidation sites excluding steroid dienone is 1. The number of nitrogens with zero attached hydrogens (tertiary/aromatic N) is 2. The Bertz CT molecular complexity index is 808. The van der Waals surface area contributed by atoms with Crippen LogP contribution in [0.2, 0.25) is 0 Å². The Hall–Kier alpha value is -2.21. The highest BCUT2D eigenvalue weighted by molar-refractivity contribution is 7.10. The van der Waals surface area contributed by atoms with Crippen LogP contribution in [0.3, 0.4) is 0 Å². The molecule has 2 aromatic rings. The van der Waals surface area contributed by atoms with Crippen LogP contribution in [0.1, 0.15) is 73.7 Å². The van der Waals surface area contributed by atoms with E-state index in [0.29, 0.717) is 5.92 Å². The Morgan fingerprint density at radius 1 is 1.27 bits per heavy atom. The lowest BCUT2D eigenvalue weighted by Crippen LogP contribution is -2.43. The molecule has 1 aliphatic heterocycles. The maximum atomic E-state index is 12.2. The van der Waals surface area contributed by atoms with Gasteiger partial charge in [0.1, 0.15) is 5.01 Å². The Morgan fingerprint density at radius 3 is 2.85 bits per heavy atom. The molecule has 2 aromatic heterocycles. The number of amides is 2. The number of hydrogen-bond donors (Lipinski definition) is 2. The van der Waals surface area contributed by atoms with Gasteiger partial charge in [-0.25, -0.2) is 9.78 Å². The third-order valence-electron chi connectivity index (χ3n) is 5.30. The molecule has 1 saturated carbocycles. The zero-order chi connectivity index (χ0) is 17.9. The quantitative estimate of drug-likeness (QED) is 0.817. The first kappa shape index (κ1) is 17.2. The average Bonchev–Trinajstić information content (AvgIpc) is 3.18. The molecule has 1 atom stereocenters. The lowest BCUT2D eigenvalue weighted by molar-refractivity contribution is 0.240. The van der Waals surface area contributed by atoms with E-state index in [1.165, 1.54) is 37.8 Å². The van der Waals surface area contributed by atoms with Crippen LogP contribution >= 0.6 is 11.3 Å². The molecule has 136 valence electrons. The van der Waals surface area contributed by atoms with Crippen LogP contribution in [0.15, 0.2) is 35.6 Å². The lowest BCUT2D eigenvalue weighted by Gasteiger charge is -2.29. The highest BCUT2D eigenvalue weighted by atomic mass is 32.1. The van der Waals surface area contributed by atoms with Crippen molar-refractivity contribution >= 4 is 22.9 Å². The molecule has 1 aliphatic carbocycles. The lowest BCUT2D eigenvalue weighted by atomic mass is 9.87. The van der Waals surface area contributed by atoms with Crippen molar-refractivity contribution in [2.75, 3.05) is 0 Å². The second-order valence-electron chi connectivity index (χ2n) is 6.98. The predicted octanol–water partition coefficient (Wildman–Crippen LogP) is 4.76. The summed E-state index contributed by atoms with van der Waals surface area (Å²) in [5.74, 6) is 0.586. The third kappa shape index (κ3) is 3.38. The van der Waals surface area contributed by atoms with Crippen molar-refractivity contribution in [2.45, 2.75) is 57.4 Å². The van der Waals surface area contributed by atoms with Crippen LogP contribution in [0.25, 0.3) is 5.57 Å². The van der Waals surface area contributed by atoms with E-state index >= 15 is 0 Å². The summed E-state index contributed by atoms with van der Waals surface area (Å²) in [5.41, 5.74) is 4.23. The number of carbonyl (C=O) groups excluding carboxylic acids is 1. The summed E-state index contributed by atoms with van der Waals surface area (Å²) in [4.78, 5) is 21.4. The first-order chi connectivity index (χ1) is 12.8. The van der Waals surface area contributed by atoms with Gasteiger partial charge in [-0.15, -0.1) is 11.3 Å². The smallest absolute Gasteiger partial charge is 0.319 e. The summed E-state index contributed by atoms with van der Waals surface area (Å²) < 4.78 is 0. The van der Waals surface area contributed by atoms with Gasteiger partial charge in [-0.1, -0.05) is 32.3 Å². The summed E-state index contributed by atoms with van der Waals surface area (Å²) in [5, 5.41) is 9.25. The first-order valence-electron chi connectivity index (χ1n) is 9.42. The fourth-order valence-electron chi connectivity index (χ4n) is 3.94. The Labute approximate surface area is 158 Å². The van der Waals surface area contributed by atoms with Gasteiger partial charge in [0, 0.05) is 35.0 Å². The second-order valence-corrected chi connectivity index (χ2v) is 7.83. The second kappa shape index (κ2) is 7.58. The molecule has 0 saturated heterocycles. The molecule has 2 aliphatic rings. The summed E-state index contributed by atoms with van der Waals surface area (Å²) in [6.45, 7) is 2.07. The van der Waals surface area contributed by atoms with Crippen molar-refractivity contribution in [1.82, 2.24) is 20.6 Å². The zero-order valence-electron chi connectivity index (χ0n) is 15.0. The third-order valence-corrected chi connectivity index (χ3v) is 6.19. The minimum absolute atomic E-state index is 0.163. The average molecular weight is 369 g/mol. The molecule has 0 bridgehead atoms. The SMILES string of the molecule is CCC1=C(c2nc(C3CCCCC3)cs2)C(c2cccnc2)NC(=O)N1. The number of rotatable bonds is 4. The van der Waals surface area contributed by atoms with Gasteiger partial charge >= 0.3 is 6.03 Å². The maximum absolute atomic E-state index is 12.2. The summed E-state index contributed by atoms with van der Waals surface area (Å²) in [6.07, 6.45) is 10.8. The monoisotopic (exact) mass is 368 g/mol. The van der Waals surface area contributed by atoms with Gasteiger partial charge in [0.05, 0.1) is 11.7 Å². The summed E-state index contributed by atoms with van der Waals surface area (Å²) in [6, 6.07) is 3.54. The minimum Gasteiger partial charge on any atom is -0.327 e. The largest absolute Gasteiger partial charge is 0.327 e. The Balaban J connectivity index is 1.73. The van der Waals surface area contributed by atoms with Gasteiger partial charge < -0.3 is 10.6 Å². The van der Waals surface area contributed by atoms with Crippen LogP contribution in [0.4, 0.5) is 4.79 Å². The van der Waals surface area contributed by atoms with Gasteiger partial charge in [-0.2, -0.15) is 0 Å². The van der Waals surface area contributed by atoms with Crippen molar-refractivity contribution in [3.8, 4) is 0 Å². The van der Waals surface area contributed by atoms with E-state index in [0.717, 1.165) is 28.3 Å². The van der Waals surface area contributed by atoms with Crippen molar-refractivity contribution in [3.05, 3.63) is 51.9 Å². The van der Waals surface area contributed by atoms with Crippen molar-refractivity contribution < 1.29 is 4.79 Å². The maximum Gasteiger partial charge on any atom is 0.319 e. The molecule has 6 heteroatoms. The topological polar surface area (TPSA) is 66.9 Å². The number of hydrogen-bond acceptors (Lipinski definition) is 4.